The van der Waals surface area contributed by atoms with Gasteiger partial charge in [0.05, 0.1) is 5.56 Å². The van der Waals surface area contributed by atoms with Gasteiger partial charge in [-0.1, -0.05) is 12.8 Å². The number of alkyl halides is 3. The predicted octanol–water partition coefficient (Wildman–Crippen LogP) is 3.91. The summed E-state index contributed by atoms with van der Waals surface area (Å²) in [4.78, 5) is 20.2. The van der Waals surface area contributed by atoms with Crippen LogP contribution in [0.2, 0.25) is 0 Å². The van der Waals surface area contributed by atoms with E-state index in [1.807, 2.05) is 0 Å². The fraction of sp³-hybridized carbons (Fsp3) is 0.353. The van der Waals surface area contributed by atoms with Crippen molar-refractivity contribution in [3.8, 4) is 0 Å². The molecule has 1 aliphatic carbocycles. The lowest BCUT2D eigenvalue weighted by molar-refractivity contribution is -0.137. The average Bonchev–Trinajstić information content (AvgIpc) is 3.08. The predicted molar refractivity (Wildman–Crippen MR) is 86.5 cm³/mol. The second kappa shape index (κ2) is 7.08. The van der Waals surface area contributed by atoms with E-state index < -0.39 is 11.7 Å². The molecule has 1 aromatic carbocycles. The number of benzene rings is 1. The first kappa shape index (κ1) is 17.2. The van der Waals surface area contributed by atoms with E-state index in [0.717, 1.165) is 37.8 Å². The summed E-state index contributed by atoms with van der Waals surface area (Å²) in [6.45, 7) is 0. The molecule has 0 saturated heterocycles. The van der Waals surface area contributed by atoms with E-state index in [1.54, 1.807) is 0 Å². The van der Waals surface area contributed by atoms with Gasteiger partial charge in [0.1, 0.15) is 17.8 Å². The third kappa shape index (κ3) is 4.46. The molecule has 3 rings (SSSR count). The lowest BCUT2D eigenvalue weighted by atomic mass is 10.2. The van der Waals surface area contributed by atoms with E-state index in [0.29, 0.717) is 11.5 Å². The molecule has 2 N–H and O–H groups in total. The van der Waals surface area contributed by atoms with Crippen molar-refractivity contribution in [1.82, 2.24) is 15.3 Å². The van der Waals surface area contributed by atoms with Crippen LogP contribution in [-0.4, -0.2) is 21.9 Å². The van der Waals surface area contributed by atoms with E-state index in [-0.39, 0.29) is 17.6 Å². The molecule has 0 atom stereocenters. The molecule has 132 valence electrons. The third-order valence-corrected chi connectivity index (χ3v) is 4.07. The van der Waals surface area contributed by atoms with Crippen LogP contribution in [0.3, 0.4) is 0 Å². The van der Waals surface area contributed by atoms with E-state index in [1.165, 1.54) is 24.5 Å². The van der Waals surface area contributed by atoms with Crippen molar-refractivity contribution in [1.29, 1.82) is 0 Å². The summed E-state index contributed by atoms with van der Waals surface area (Å²) < 4.78 is 37.7. The van der Waals surface area contributed by atoms with Gasteiger partial charge in [-0.25, -0.2) is 9.97 Å². The second-order valence-corrected chi connectivity index (χ2v) is 5.94. The Balaban J connectivity index is 1.68. The van der Waals surface area contributed by atoms with Crippen LogP contribution in [0.5, 0.6) is 0 Å². The summed E-state index contributed by atoms with van der Waals surface area (Å²) in [6, 6.07) is 6.23. The first-order chi connectivity index (χ1) is 11.9. The molecule has 1 fully saturated rings. The number of nitrogens with zero attached hydrogens (tertiary/aromatic N) is 2. The van der Waals surface area contributed by atoms with Gasteiger partial charge in [-0.05, 0) is 37.1 Å². The van der Waals surface area contributed by atoms with Gasteiger partial charge < -0.3 is 10.6 Å². The number of anilines is 2. The molecule has 0 radical (unpaired) electrons. The lowest BCUT2D eigenvalue weighted by Crippen LogP contribution is -2.33. The average molecular weight is 350 g/mol. The quantitative estimate of drug-likeness (QED) is 0.877. The molecule has 1 saturated carbocycles. The largest absolute Gasteiger partial charge is 0.416 e. The summed E-state index contributed by atoms with van der Waals surface area (Å²) in [5.74, 6) is 0.0658. The van der Waals surface area contributed by atoms with Gasteiger partial charge in [-0.2, -0.15) is 13.2 Å². The zero-order valence-corrected chi connectivity index (χ0v) is 13.3. The Bertz CT molecular complexity index is 740. The van der Waals surface area contributed by atoms with Gasteiger partial charge in [0, 0.05) is 17.8 Å². The van der Waals surface area contributed by atoms with Crippen molar-refractivity contribution in [3.05, 3.63) is 47.9 Å². The van der Waals surface area contributed by atoms with Crippen molar-refractivity contribution in [3.63, 3.8) is 0 Å². The van der Waals surface area contributed by atoms with Crippen LogP contribution in [0.1, 0.15) is 41.7 Å². The van der Waals surface area contributed by atoms with E-state index >= 15 is 0 Å². The molecule has 1 heterocycles. The van der Waals surface area contributed by atoms with Crippen molar-refractivity contribution < 1.29 is 18.0 Å². The Morgan fingerprint density at radius 3 is 2.40 bits per heavy atom. The van der Waals surface area contributed by atoms with Gasteiger partial charge in [0.15, 0.2) is 0 Å². The maximum atomic E-state index is 12.6. The summed E-state index contributed by atoms with van der Waals surface area (Å²) >= 11 is 0. The first-order valence-electron chi connectivity index (χ1n) is 7.99. The first-order valence-corrected chi connectivity index (χ1v) is 7.99. The zero-order chi connectivity index (χ0) is 17.9. The molecular formula is C17H17F3N4O. The third-order valence-electron chi connectivity index (χ3n) is 4.07. The maximum absolute atomic E-state index is 12.6. The minimum Gasteiger partial charge on any atom is -0.348 e. The molecular weight excluding hydrogens is 333 g/mol. The maximum Gasteiger partial charge on any atom is 0.416 e. The topological polar surface area (TPSA) is 66.9 Å². The van der Waals surface area contributed by atoms with Crippen LogP contribution >= 0.6 is 0 Å². The molecule has 1 amide bonds. The van der Waals surface area contributed by atoms with Crippen LogP contribution in [0.4, 0.5) is 24.7 Å². The number of halogens is 3. The van der Waals surface area contributed by atoms with Crippen LogP contribution < -0.4 is 10.6 Å². The van der Waals surface area contributed by atoms with Crippen LogP contribution in [0, 0.1) is 0 Å². The Morgan fingerprint density at radius 1 is 1.08 bits per heavy atom. The SMILES string of the molecule is O=C(NC1CCCC1)c1cc(Nc2ccc(C(F)(F)F)cc2)ncn1. The molecule has 2 aromatic rings. The van der Waals surface area contributed by atoms with Gasteiger partial charge in [-0.3, -0.25) is 4.79 Å². The second-order valence-electron chi connectivity index (χ2n) is 5.94. The van der Waals surface area contributed by atoms with Crippen molar-refractivity contribution in [2.75, 3.05) is 5.32 Å². The molecule has 0 spiro atoms. The van der Waals surface area contributed by atoms with Gasteiger partial charge in [-0.15, -0.1) is 0 Å². The fourth-order valence-corrected chi connectivity index (χ4v) is 2.77. The number of carbonyl (C=O) groups is 1. The smallest absolute Gasteiger partial charge is 0.348 e. The lowest BCUT2D eigenvalue weighted by Gasteiger charge is -2.12. The number of aromatic nitrogens is 2. The Labute approximate surface area is 142 Å². The van der Waals surface area contributed by atoms with Crippen molar-refractivity contribution >= 4 is 17.4 Å². The van der Waals surface area contributed by atoms with E-state index in [4.69, 9.17) is 0 Å². The molecule has 0 bridgehead atoms. The monoisotopic (exact) mass is 350 g/mol. The van der Waals surface area contributed by atoms with Crippen molar-refractivity contribution in [2.45, 2.75) is 37.9 Å². The van der Waals surface area contributed by atoms with E-state index in [2.05, 4.69) is 20.6 Å². The van der Waals surface area contributed by atoms with Gasteiger partial charge >= 0.3 is 6.18 Å². The Morgan fingerprint density at radius 2 is 1.76 bits per heavy atom. The highest BCUT2D eigenvalue weighted by atomic mass is 19.4. The number of hydrogen-bond acceptors (Lipinski definition) is 4. The zero-order valence-electron chi connectivity index (χ0n) is 13.3. The summed E-state index contributed by atoms with van der Waals surface area (Å²) in [5.41, 5.74) is -0.0671. The molecule has 0 aliphatic heterocycles. The van der Waals surface area contributed by atoms with Gasteiger partial charge in [0.25, 0.3) is 5.91 Å². The van der Waals surface area contributed by atoms with Crippen LogP contribution in [-0.2, 0) is 6.18 Å². The minimum atomic E-state index is -4.38. The Hall–Kier alpha value is -2.64. The molecule has 8 heteroatoms. The number of nitrogens with one attached hydrogen (secondary N) is 2. The normalized spacial score (nSPS) is 15.2. The molecule has 1 aliphatic rings. The molecule has 5 nitrogen and oxygen atoms in total. The Kier molecular flexibility index (Phi) is 4.87. The molecule has 0 unspecified atom stereocenters. The summed E-state index contributed by atoms with van der Waals surface area (Å²) in [5, 5.41) is 5.80. The van der Waals surface area contributed by atoms with E-state index in [9.17, 15) is 18.0 Å². The highest BCUT2D eigenvalue weighted by Gasteiger charge is 2.29. The standard InChI is InChI=1S/C17H17F3N4O/c18-17(19,20)11-5-7-13(8-6-11)23-15-9-14(21-10-22-15)16(25)24-12-3-1-2-4-12/h5-10,12H,1-4H2,(H,24,25)(H,21,22,23). The number of hydrogen-bond donors (Lipinski definition) is 2. The summed E-state index contributed by atoms with van der Waals surface area (Å²) in [7, 11) is 0. The number of carbonyl (C=O) groups excluding carboxylic acids is 1. The highest BCUT2D eigenvalue weighted by molar-refractivity contribution is 5.93. The fourth-order valence-electron chi connectivity index (χ4n) is 2.77. The minimum absolute atomic E-state index is 0.175. The highest BCUT2D eigenvalue weighted by Crippen LogP contribution is 2.30. The molecule has 1 aromatic heterocycles. The molecule has 25 heavy (non-hydrogen) atoms. The van der Waals surface area contributed by atoms with Crippen molar-refractivity contribution in [2.24, 2.45) is 0 Å². The summed E-state index contributed by atoms with van der Waals surface area (Å²) in [6.07, 6.45) is 1.01. The van der Waals surface area contributed by atoms with Crippen LogP contribution in [0.15, 0.2) is 36.7 Å². The number of rotatable bonds is 4. The van der Waals surface area contributed by atoms with Crippen LogP contribution in [0.25, 0.3) is 0 Å². The van der Waals surface area contributed by atoms with Gasteiger partial charge in [0.2, 0.25) is 0 Å². The number of amides is 1.